The number of nitrogens with zero attached hydrogens (tertiary/aromatic N) is 3. The summed E-state index contributed by atoms with van der Waals surface area (Å²) in [6.45, 7) is 3.13. The topological polar surface area (TPSA) is 47.5 Å². The Bertz CT molecular complexity index is 583. The van der Waals surface area contributed by atoms with E-state index in [-0.39, 0.29) is 0 Å². The first kappa shape index (κ1) is 12.9. The van der Waals surface area contributed by atoms with Gasteiger partial charge in [-0.1, -0.05) is 12.1 Å². The highest BCUT2D eigenvalue weighted by molar-refractivity contribution is 5.62. The molecular formula is C15H17N3O2. The standard InChI is InChI=1S/C15H17N3O2/c1-19-13-4-2-3-12(11-13)14-5-6-16-15(17-14)18-7-9-20-10-8-18/h2-6,11H,7-10H2,1H3. The summed E-state index contributed by atoms with van der Waals surface area (Å²) in [5, 5.41) is 0. The molecule has 1 saturated heterocycles. The molecule has 1 aliphatic rings. The average Bonchev–Trinajstić information content (AvgIpc) is 2.56. The molecule has 2 aromatic rings. The van der Waals surface area contributed by atoms with E-state index in [9.17, 15) is 0 Å². The zero-order chi connectivity index (χ0) is 13.8. The highest BCUT2D eigenvalue weighted by atomic mass is 16.5. The number of benzene rings is 1. The summed E-state index contributed by atoms with van der Waals surface area (Å²) >= 11 is 0. The summed E-state index contributed by atoms with van der Waals surface area (Å²) in [6.07, 6.45) is 1.80. The molecule has 5 nitrogen and oxygen atoms in total. The number of rotatable bonds is 3. The predicted molar refractivity (Wildman–Crippen MR) is 77.1 cm³/mol. The molecule has 20 heavy (non-hydrogen) atoms. The molecule has 0 unspecified atom stereocenters. The Morgan fingerprint density at radius 2 is 2.05 bits per heavy atom. The lowest BCUT2D eigenvalue weighted by atomic mass is 10.1. The van der Waals surface area contributed by atoms with Crippen LogP contribution >= 0.6 is 0 Å². The summed E-state index contributed by atoms with van der Waals surface area (Å²) < 4.78 is 10.6. The first-order valence-electron chi connectivity index (χ1n) is 6.67. The average molecular weight is 271 g/mol. The maximum absolute atomic E-state index is 5.35. The van der Waals surface area contributed by atoms with Crippen molar-refractivity contribution >= 4 is 5.95 Å². The quantitative estimate of drug-likeness (QED) is 0.854. The molecule has 2 heterocycles. The van der Waals surface area contributed by atoms with Gasteiger partial charge in [-0.25, -0.2) is 9.97 Å². The van der Waals surface area contributed by atoms with Crippen LogP contribution in [0, 0.1) is 0 Å². The SMILES string of the molecule is COc1cccc(-c2ccnc(N3CCOCC3)n2)c1. The molecule has 1 aromatic carbocycles. The van der Waals surface area contributed by atoms with Crippen LogP contribution in [0.2, 0.25) is 0 Å². The minimum atomic E-state index is 0.729. The van der Waals surface area contributed by atoms with Gasteiger partial charge >= 0.3 is 0 Å². The molecule has 0 atom stereocenters. The molecule has 104 valence electrons. The lowest BCUT2D eigenvalue weighted by Crippen LogP contribution is -2.37. The Kier molecular flexibility index (Phi) is 3.78. The fourth-order valence-corrected chi connectivity index (χ4v) is 2.21. The summed E-state index contributed by atoms with van der Waals surface area (Å²) in [7, 11) is 1.66. The van der Waals surface area contributed by atoms with Gasteiger partial charge in [0.15, 0.2) is 0 Å². The number of ether oxygens (including phenoxy) is 2. The van der Waals surface area contributed by atoms with Crippen molar-refractivity contribution in [2.75, 3.05) is 38.3 Å². The third-order valence-corrected chi connectivity index (χ3v) is 3.30. The maximum atomic E-state index is 5.35. The molecule has 1 fully saturated rings. The summed E-state index contributed by atoms with van der Waals surface area (Å²) in [5.41, 5.74) is 1.93. The minimum absolute atomic E-state index is 0.729. The second-order valence-electron chi connectivity index (χ2n) is 4.57. The van der Waals surface area contributed by atoms with Gasteiger partial charge in [0.2, 0.25) is 5.95 Å². The van der Waals surface area contributed by atoms with Crippen LogP contribution in [0.1, 0.15) is 0 Å². The van der Waals surface area contributed by atoms with E-state index in [0.29, 0.717) is 0 Å². The Hall–Kier alpha value is -2.14. The van der Waals surface area contributed by atoms with Gasteiger partial charge in [0.1, 0.15) is 5.75 Å². The monoisotopic (exact) mass is 271 g/mol. The third kappa shape index (κ3) is 2.72. The minimum Gasteiger partial charge on any atom is -0.497 e. The number of methoxy groups -OCH3 is 1. The predicted octanol–water partition coefficient (Wildman–Crippen LogP) is 1.99. The van der Waals surface area contributed by atoms with Crippen molar-refractivity contribution in [3.8, 4) is 17.0 Å². The molecule has 0 spiro atoms. The molecular weight excluding hydrogens is 254 g/mol. The fraction of sp³-hybridized carbons (Fsp3) is 0.333. The van der Waals surface area contributed by atoms with Gasteiger partial charge in [0.25, 0.3) is 0 Å². The summed E-state index contributed by atoms with van der Waals surface area (Å²) in [5.74, 6) is 1.59. The maximum Gasteiger partial charge on any atom is 0.226 e. The van der Waals surface area contributed by atoms with Gasteiger partial charge < -0.3 is 14.4 Å². The first-order chi connectivity index (χ1) is 9.86. The van der Waals surface area contributed by atoms with Crippen LogP contribution < -0.4 is 9.64 Å². The molecule has 0 bridgehead atoms. The number of aromatic nitrogens is 2. The number of hydrogen-bond donors (Lipinski definition) is 0. The van der Waals surface area contributed by atoms with Crippen LogP contribution in [0.5, 0.6) is 5.75 Å². The van der Waals surface area contributed by atoms with E-state index < -0.39 is 0 Å². The molecule has 0 saturated carbocycles. The van der Waals surface area contributed by atoms with Crippen molar-refractivity contribution in [1.29, 1.82) is 0 Å². The van der Waals surface area contributed by atoms with Gasteiger partial charge in [-0.05, 0) is 18.2 Å². The molecule has 5 heteroatoms. The summed E-state index contributed by atoms with van der Waals surface area (Å²) in [6, 6.07) is 9.80. The second-order valence-corrected chi connectivity index (χ2v) is 4.57. The lowest BCUT2D eigenvalue weighted by Gasteiger charge is -2.26. The van der Waals surface area contributed by atoms with Crippen molar-refractivity contribution in [3.05, 3.63) is 36.5 Å². The highest BCUT2D eigenvalue weighted by Gasteiger charge is 2.14. The van der Waals surface area contributed by atoms with Gasteiger partial charge in [0.05, 0.1) is 26.0 Å². The molecule has 0 radical (unpaired) electrons. The van der Waals surface area contributed by atoms with E-state index in [1.165, 1.54) is 0 Å². The van der Waals surface area contributed by atoms with Gasteiger partial charge in [0, 0.05) is 24.8 Å². The molecule has 0 amide bonds. The van der Waals surface area contributed by atoms with E-state index in [1.54, 1.807) is 13.3 Å². The Balaban J connectivity index is 1.89. The van der Waals surface area contributed by atoms with E-state index in [2.05, 4.69) is 14.9 Å². The Labute approximate surface area is 118 Å². The number of hydrogen-bond acceptors (Lipinski definition) is 5. The Morgan fingerprint density at radius 3 is 2.85 bits per heavy atom. The van der Waals surface area contributed by atoms with E-state index in [4.69, 9.17) is 9.47 Å². The van der Waals surface area contributed by atoms with Crippen LogP contribution in [-0.4, -0.2) is 43.4 Å². The zero-order valence-electron chi connectivity index (χ0n) is 11.5. The molecule has 0 N–H and O–H groups in total. The normalized spacial score (nSPS) is 15.2. The van der Waals surface area contributed by atoms with Gasteiger partial charge in [-0.3, -0.25) is 0 Å². The molecule has 1 aromatic heterocycles. The van der Waals surface area contributed by atoms with Crippen molar-refractivity contribution in [3.63, 3.8) is 0 Å². The van der Waals surface area contributed by atoms with Crippen LogP contribution in [0.25, 0.3) is 11.3 Å². The Morgan fingerprint density at radius 1 is 1.20 bits per heavy atom. The molecule has 1 aliphatic heterocycles. The van der Waals surface area contributed by atoms with Crippen LogP contribution in [0.3, 0.4) is 0 Å². The molecule has 0 aliphatic carbocycles. The highest BCUT2D eigenvalue weighted by Crippen LogP contribution is 2.23. The molecule has 3 rings (SSSR count). The smallest absolute Gasteiger partial charge is 0.226 e. The third-order valence-electron chi connectivity index (χ3n) is 3.30. The van der Waals surface area contributed by atoms with Crippen LogP contribution in [0.15, 0.2) is 36.5 Å². The van der Waals surface area contributed by atoms with Gasteiger partial charge in [-0.15, -0.1) is 0 Å². The number of anilines is 1. The van der Waals surface area contributed by atoms with Crippen LogP contribution in [-0.2, 0) is 4.74 Å². The summed E-state index contributed by atoms with van der Waals surface area (Å²) in [4.78, 5) is 11.2. The van der Waals surface area contributed by atoms with Crippen molar-refractivity contribution in [1.82, 2.24) is 9.97 Å². The zero-order valence-corrected chi connectivity index (χ0v) is 11.5. The fourth-order valence-electron chi connectivity index (χ4n) is 2.21. The lowest BCUT2D eigenvalue weighted by molar-refractivity contribution is 0.122. The van der Waals surface area contributed by atoms with E-state index in [1.807, 2.05) is 30.3 Å². The van der Waals surface area contributed by atoms with E-state index in [0.717, 1.165) is 49.3 Å². The van der Waals surface area contributed by atoms with Gasteiger partial charge in [-0.2, -0.15) is 0 Å². The van der Waals surface area contributed by atoms with Crippen molar-refractivity contribution < 1.29 is 9.47 Å². The second kappa shape index (κ2) is 5.88. The number of morpholine rings is 1. The van der Waals surface area contributed by atoms with Crippen molar-refractivity contribution in [2.45, 2.75) is 0 Å². The largest absolute Gasteiger partial charge is 0.497 e. The first-order valence-corrected chi connectivity index (χ1v) is 6.67. The van der Waals surface area contributed by atoms with Crippen LogP contribution in [0.4, 0.5) is 5.95 Å². The van der Waals surface area contributed by atoms with E-state index >= 15 is 0 Å². The van der Waals surface area contributed by atoms with Crippen molar-refractivity contribution in [2.24, 2.45) is 0 Å².